The smallest absolute Gasteiger partial charge is 0.268 e. The molecule has 0 saturated heterocycles. The number of amides is 2. The Kier molecular flexibility index (Phi) is 7.45. The Morgan fingerprint density at radius 3 is 2.56 bits per heavy atom. The van der Waals surface area contributed by atoms with Crippen LogP contribution in [0.3, 0.4) is 0 Å². The molecule has 1 aliphatic rings. The van der Waals surface area contributed by atoms with E-state index >= 15 is 0 Å². The lowest BCUT2D eigenvalue weighted by Crippen LogP contribution is -2.44. The second-order valence-electron chi connectivity index (χ2n) is 9.34. The lowest BCUT2D eigenvalue weighted by atomic mass is 10.1. The van der Waals surface area contributed by atoms with Gasteiger partial charge < -0.3 is 24.2 Å². The van der Waals surface area contributed by atoms with Crippen molar-refractivity contribution in [2.24, 2.45) is 0 Å². The third-order valence-electron chi connectivity index (χ3n) is 6.49. The largest absolute Gasteiger partial charge is 0.489 e. The van der Waals surface area contributed by atoms with E-state index in [0.29, 0.717) is 36.0 Å². The number of carbonyl (C=O) groups excluding carboxylic acids is 2. The minimum absolute atomic E-state index is 0.179. The summed E-state index contributed by atoms with van der Waals surface area (Å²) in [4.78, 5) is 27.3. The lowest BCUT2D eigenvalue weighted by molar-refractivity contribution is -0.125. The second-order valence-corrected chi connectivity index (χ2v) is 9.34. The van der Waals surface area contributed by atoms with Gasteiger partial charge in [0.15, 0.2) is 6.10 Å². The molecule has 1 unspecified atom stereocenters. The molecule has 2 heterocycles. The Labute approximate surface area is 226 Å². The Morgan fingerprint density at radius 2 is 1.85 bits per heavy atom. The van der Waals surface area contributed by atoms with E-state index in [0.717, 1.165) is 28.1 Å². The number of aromatic nitrogens is 1. The van der Waals surface area contributed by atoms with Crippen LogP contribution in [0.5, 0.6) is 11.5 Å². The van der Waals surface area contributed by atoms with Gasteiger partial charge in [-0.15, -0.1) is 0 Å². The van der Waals surface area contributed by atoms with Crippen molar-refractivity contribution in [3.05, 3.63) is 107 Å². The van der Waals surface area contributed by atoms with E-state index < -0.39 is 6.10 Å². The summed E-state index contributed by atoms with van der Waals surface area (Å²) in [5.41, 5.74) is 4.65. The fourth-order valence-corrected chi connectivity index (χ4v) is 4.31. The molecule has 4 aromatic rings. The van der Waals surface area contributed by atoms with Crippen LogP contribution >= 0.6 is 0 Å². The number of aryl methyl sites for hydroxylation is 2. The molecule has 1 aliphatic heterocycles. The van der Waals surface area contributed by atoms with E-state index in [1.165, 1.54) is 6.08 Å². The van der Waals surface area contributed by atoms with Crippen molar-refractivity contribution < 1.29 is 23.6 Å². The maximum absolute atomic E-state index is 13.0. The zero-order chi connectivity index (χ0) is 27.4. The van der Waals surface area contributed by atoms with Crippen LogP contribution in [0, 0.1) is 13.8 Å². The van der Waals surface area contributed by atoms with Crippen molar-refractivity contribution >= 4 is 29.3 Å². The number of rotatable bonds is 8. The van der Waals surface area contributed by atoms with Crippen LogP contribution in [-0.2, 0) is 22.7 Å². The molecule has 1 aromatic heterocycles. The molecule has 5 rings (SSSR count). The van der Waals surface area contributed by atoms with Gasteiger partial charge in [0.1, 0.15) is 23.9 Å². The zero-order valence-corrected chi connectivity index (χ0v) is 22.0. The van der Waals surface area contributed by atoms with Crippen molar-refractivity contribution in [3.63, 3.8) is 0 Å². The highest BCUT2D eigenvalue weighted by atomic mass is 16.5. The van der Waals surface area contributed by atoms with Crippen LogP contribution in [0.25, 0.3) is 6.08 Å². The first kappa shape index (κ1) is 25.8. The van der Waals surface area contributed by atoms with Crippen molar-refractivity contribution in [3.8, 4) is 11.5 Å². The molecule has 0 bridgehead atoms. The maximum atomic E-state index is 13.0. The molecule has 198 valence electrons. The molecule has 8 nitrogen and oxygen atoms in total. The van der Waals surface area contributed by atoms with E-state index in [2.05, 4.69) is 10.5 Å². The summed E-state index contributed by atoms with van der Waals surface area (Å²) in [5.74, 6) is 1.50. The molecule has 39 heavy (non-hydrogen) atoms. The van der Waals surface area contributed by atoms with Crippen LogP contribution in [0.15, 0.2) is 83.4 Å². The maximum Gasteiger partial charge on any atom is 0.268 e. The summed E-state index contributed by atoms with van der Waals surface area (Å²) in [6.45, 7) is 6.16. The Morgan fingerprint density at radius 1 is 1.08 bits per heavy atom. The van der Waals surface area contributed by atoms with Crippen LogP contribution in [-0.4, -0.2) is 23.1 Å². The van der Waals surface area contributed by atoms with Gasteiger partial charge in [-0.05, 0) is 68.3 Å². The molecule has 3 aromatic carbocycles. The summed E-state index contributed by atoms with van der Waals surface area (Å²) in [6, 6.07) is 22.7. The van der Waals surface area contributed by atoms with Gasteiger partial charge in [0.25, 0.3) is 5.91 Å². The number of fused-ring (bicyclic) bond motifs is 1. The molecule has 2 amide bonds. The lowest BCUT2D eigenvalue weighted by Gasteiger charge is -2.33. The van der Waals surface area contributed by atoms with Gasteiger partial charge in [0, 0.05) is 17.3 Å². The number of benzene rings is 3. The highest BCUT2D eigenvalue weighted by Crippen LogP contribution is 2.37. The normalized spacial score (nSPS) is 14.7. The number of nitrogens with one attached hydrogen (secondary N) is 1. The first-order valence-electron chi connectivity index (χ1n) is 12.7. The van der Waals surface area contributed by atoms with Crippen LogP contribution < -0.4 is 19.7 Å². The van der Waals surface area contributed by atoms with Gasteiger partial charge in [-0.1, -0.05) is 47.6 Å². The molecule has 1 N–H and O–H groups in total. The van der Waals surface area contributed by atoms with Crippen LogP contribution in [0.4, 0.5) is 11.4 Å². The topological polar surface area (TPSA) is 93.9 Å². The summed E-state index contributed by atoms with van der Waals surface area (Å²) in [5, 5.41) is 6.86. The SMILES string of the molecule is Cc1noc(C)c1CN1C(=O)C(C)Oc2ccc(NC(=O)/C=C/c3ccc(OCc4ccccc4)cc3)cc21. The molecule has 0 spiro atoms. The predicted molar refractivity (Wildman–Crippen MR) is 149 cm³/mol. The first-order valence-corrected chi connectivity index (χ1v) is 12.7. The van der Waals surface area contributed by atoms with E-state index in [1.807, 2.05) is 68.4 Å². The summed E-state index contributed by atoms with van der Waals surface area (Å²) in [7, 11) is 0. The zero-order valence-electron chi connectivity index (χ0n) is 22.0. The standard InChI is InChI=1S/C31H29N3O5/c1-20-27(21(2)39-33-20)18-34-28-17-25(12-15-29(28)38-22(3)31(34)36)32-30(35)16-11-23-9-13-26(14-10-23)37-19-24-7-5-4-6-8-24/h4-17,22H,18-19H2,1-3H3,(H,32,35)/b16-11+. The summed E-state index contributed by atoms with van der Waals surface area (Å²) >= 11 is 0. The monoisotopic (exact) mass is 523 g/mol. The van der Waals surface area contributed by atoms with E-state index in [4.69, 9.17) is 14.0 Å². The minimum Gasteiger partial charge on any atom is -0.489 e. The third kappa shape index (κ3) is 6.01. The number of carbonyl (C=O) groups is 2. The van der Waals surface area contributed by atoms with Gasteiger partial charge in [-0.3, -0.25) is 9.59 Å². The Hall–Kier alpha value is -4.85. The molecular formula is C31H29N3O5. The number of nitrogens with zero attached hydrogens (tertiary/aromatic N) is 2. The minimum atomic E-state index is -0.628. The third-order valence-corrected chi connectivity index (χ3v) is 6.49. The second kappa shape index (κ2) is 11.3. The molecule has 8 heteroatoms. The van der Waals surface area contributed by atoms with Crippen LogP contribution in [0.2, 0.25) is 0 Å². The molecule has 0 radical (unpaired) electrons. The van der Waals surface area contributed by atoms with Crippen molar-refractivity contribution in [1.82, 2.24) is 5.16 Å². The predicted octanol–water partition coefficient (Wildman–Crippen LogP) is 5.84. The molecular weight excluding hydrogens is 494 g/mol. The van der Waals surface area contributed by atoms with E-state index in [9.17, 15) is 9.59 Å². The number of hydrogen-bond acceptors (Lipinski definition) is 6. The molecule has 0 fully saturated rings. The Balaban J connectivity index is 1.24. The van der Waals surface area contributed by atoms with Crippen molar-refractivity contribution in [2.75, 3.05) is 10.2 Å². The van der Waals surface area contributed by atoms with Crippen molar-refractivity contribution in [2.45, 2.75) is 40.0 Å². The fraction of sp³-hybridized carbons (Fsp3) is 0.194. The highest BCUT2D eigenvalue weighted by Gasteiger charge is 2.33. The number of ether oxygens (including phenoxy) is 2. The van der Waals surface area contributed by atoms with Crippen LogP contribution in [0.1, 0.15) is 35.1 Å². The van der Waals surface area contributed by atoms with Gasteiger partial charge in [0.2, 0.25) is 5.91 Å². The van der Waals surface area contributed by atoms with Gasteiger partial charge in [-0.25, -0.2) is 0 Å². The van der Waals surface area contributed by atoms with E-state index in [1.54, 1.807) is 36.1 Å². The summed E-state index contributed by atoms with van der Waals surface area (Å²) in [6.07, 6.45) is 2.56. The number of hydrogen-bond donors (Lipinski definition) is 1. The average molecular weight is 524 g/mol. The Bertz CT molecular complexity index is 1490. The fourth-order valence-electron chi connectivity index (χ4n) is 4.31. The first-order chi connectivity index (χ1) is 18.9. The molecule has 1 atom stereocenters. The summed E-state index contributed by atoms with van der Waals surface area (Å²) < 4.78 is 16.9. The van der Waals surface area contributed by atoms with Gasteiger partial charge >= 0.3 is 0 Å². The molecule has 0 saturated carbocycles. The quantitative estimate of drug-likeness (QED) is 0.292. The van der Waals surface area contributed by atoms with Gasteiger partial charge in [0.05, 0.1) is 17.9 Å². The van der Waals surface area contributed by atoms with Gasteiger partial charge in [-0.2, -0.15) is 0 Å². The van der Waals surface area contributed by atoms with E-state index in [-0.39, 0.29) is 11.8 Å². The highest BCUT2D eigenvalue weighted by molar-refractivity contribution is 6.04. The molecule has 0 aliphatic carbocycles. The van der Waals surface area contributed by atoms with Crippen molar-refractivity contribution in [1.29, 1.82) is 0 Å². The average Bonchev–Trinajstić information content (AvgIpc) is 3.26. The number of anilines is 2.